The Kier molecular flexibility index (Phi) is 7.62. The van der Waals surface area contributed by atoms with Crippen molar-refractivity contribution < 1.29 is 4.39 Å². The van der Waals surface area contributed by atoms with Crippen molar-refractivity contribution in [3.8, 4) is 0 Å². The SMILES string of the molecule is CCCCC(CCC)NC(C)c1ccc(F)c(Br)c1. The second kappa shape index (κ2) is 8.70. The van der Waals surface area contributed by atoms with E-state index in [-0.39, 0.29) is 11.9 Å². The van der Waals surface area contributed by atoms with Gasteiger partial charge in [0, 0.05) is 12.1 Å². The van der Waals surface area contributed by atoms with Crippen LogP contribution in [0.5, 0.6) is 0 Å². The van der Waals surface area contributed by atoms with Crippen LogP contribution in [0.2, 0.25) is 0 Å². The lowest BCUT2D eigenvalue weighted by Crippen LogP contribution is -2.31. The first-order valence-corrected chi connectivity index (χ1v) is 8.08. The lowest BCUT2D eigenvalue weighted by Gasteiger charge is -2.23. The second-order valence-electron chi connectivity index (χ2n) is 5.19. The molecule has 0 aliphatic rings. The Balaban J connectivity index is 2.63. The van der Waals surface area contributed by atoms with Crippen LogP contribution in [0, 0.1) is 5.82 Å². The van der Waals surface area contributed by atoms with Gasteiger partial charge in [0.2, 0.25) is 0 Å². The van der Waals surface area contributed by atoms with Crippen molar-refractivity contribution in [2.24, 2.45) is 0 Å². The molecule has 0 saturated carbocycles. The number of hydrogen-bond donors (Lipinski definition) is 1. The molecule has 0 amide bonds. The quantitative estimate of drug-likeness (QED) is 0.654. The fraction of sp³-hybridized carbons (Fsp3) is 0.625. The summed E-state index contributed by atoms with van der Waals surface area (Å²) in [6.45, 7) is 6.59. The highest BCUT2D eigenvalue weighted by atomic mass is 79.9. The van der Waals surface area contributed by atoms with E-state index in [1.807, 2.05) is 12.1 Å². The first kappa shape index (κ1) is 16.6. The molecule has 0 radical (unpaired) electrons. The van der Waals surface area contributed by atoms with Crippen molar-refractivity contribution in [1.29, 1.82) is 0 Å². The molecule has 0 heterocycles. The summed E-state index contributed by atoms with van der Waals surface area (Å²) in [6.07, 6.45) is 6.11. The van der Waals surface area contributed by atoms with Crippen LogP contribution in [0.1, 0.15) is 64.5 Å². The van der Waals surface area contributed by atoms with Gasteiger partial charge < -0.3 is 5.32 Å². The second-order valence-corrected chi connectivity index (χ2v) is 6.04. The summed E-state index contributed by atoms with van der Waals surface area (Å²) >= 11 is 3.25. The molecule has 0 aliphatic carbocycles. The van der Waals surface area contributed by atoms with E-state index in [9.17, 15) is 4.39 Å². The molecule has 0 aliphatic heterocycles. The van der Waals surface area contributed by atoms with Crippen LogP contribution >= 0.6 is 15.9 Å². The Hall–Kier alpha value is -0.410. The standard InChI is InChI=1S/C16H25BrFN/c1-4-6-8-14(7-5-2)19-12(3)13-9-10-16(18)15(17)11-13/h9-12,14,19H,4-8H2,1-3H3. The molecular weight excluding hydrogens is 305 g/mol. The molecule has 1 rings (SSSR count). The molecule has 19 heavy (non-hydrogen) atoms. The lowest BCUT2D eigenvalue weighted by molar-refractivity contribution is 0.396. The van der Waals surface area contributed by atoms with E-state index in [4.69, 9.17) is 0 Å². The number of benzene rings is 1. The van der Waals surface area contributed by atoms with Gasteiger partial charge in [0.15, 0.2) is 0 Å². The van der Waals surface area contributed by atoms with Crippen molar-refractivity contribution in [3.63, 3.8) is 0 Å². The molecule has 2 unspecified atom stereocenters. The van der Waals surface area contributed by atoms with Crippen LogP contribution < -0.4 is 5.32 Å². The Labute approximate surface area is 125 Å². The van der Waals surface area contributed by atoms with E-state index in [1.165, 1.54) is 38.2 Å². The molecule has 1 N–H and O–H groups in total. The molecular formula is C16H25BrFN. The highest BCUT2D eigenvalue weighted by molar-refractivity contribution is 9.10. The Morgan fingerprint density at radius 1 is 1.21 bits per heavy atom. The minimum atomic E-state index is -0.202. The van der Waals surface area contributed by atoms with Crippen LogP contribution in [0.3, 0.4) is 0 Å². The molecule has 0 saturated heterocycles. The van der Waals surface area contributed by atoms with Crippen LogP contribution in [-0.4, -0.2) is 6.04 Å². The van der Waals surface area contributed by atoms with E-state index in [0.29, 0.717) is 10.5 Å². The molecule has 108 valence electrons. The third-order valence-electron chi connectivity index (χ3n) is 3.47. The predicted octanol–water partition coefficient (Wildman–Crippen LogP) is 5.60. The van der Waals surface area contributed by atoms with Gasteiger partial charge >= 0.3 is 0 Å². The summed E-state index contributed by atoms with van der Waals surface area (Å²) in [5, 5.41) is 3.67. The van der Waals surface area contributed by atoms with Crippen molar-refractivity contribution in [3.05, 3.63) is 34.1 Å². The van der Waals surface area contributed by atoms with E-state index in [1.54, 1.807) is 0 Å². The van der Waals surface area contributed by atoms with Crippen molar-refractivity contribution in [1.82, 2.24) is 5.32 Å². The van der Waals surface area contributed by atoms with Crippen molar-refractivity contribution >= 4 is 15.9 Å². The van der Waals surface area contributed by atoms with E-state index < -0.39 is 0 Å². The maximum Gasteiger partial charge on any atom is 0.137 e. The normalized spacial score (nSPS) is 14.4. The number of halogens is 2. The van der Waals surface area contributed by atoms with E-state index in [0.717, 1.165) is 5.56 Å². The summed E-state index contributed by atoms with van der Waals surface area (Å²) in [5.41, 5.74) is 1.13. The summed E-state index contributed by atoms with van der Waals surface area (Å²) in [4.78, 5) is 0. The van der Waals surface area contributed by atoms with Crippen LogP contribution in [0.15, 0.2) is 22.7 Å². The van der Waals surface area contributed by atoms with Gasteiger partial charge in [0.1, 0.15) is 5.82 Å². The van der Waals surface area contributed by atoms with Crippen LogP contribution in [-0.2, 0) is 0 Å². The largest absolute Gasteiger partial charge is 0.307 e. The van der Waals surface area contributed by atoms with Gasteiger partial charge in [-0.1, -0.05) is 39.2 Å². The molecule has 1 aromatic carbocycles. The molecule has 0 fully saturated rings. The van der Waals surface area contributed by atoms with Gasteiger partial charge in [-0.3, -0.25) is 0 Å². The van der Waals surface area contributed by atoms with Gasteiger partial charge in [-0.25, -0.2) is 4.39 Å². The maximum absolute atomic E-state index is 13.2. The molecule has 0 bridgehead atoms. The van der Waals surface area contributed by atoms with E-state index in [2.05, 4.69) is 42.0 Å². The average Bonchev–Trinajstić information content (AvgIpc) is 2.39. The van der Waals surface area contributed by atoms with Gasteiger partial charge in [0.25, 0.3) is 0 Å². The zero-order valence-electron chi connectivity index (χ0n) is 12.2. The molecule has 0 spiro atoms. The van der Waals surface area contributed by atoms with Crippen molar-refractivity contribution in [2.75, 3.05) is 0 Å². The Morgan fingerprint density at radius 3 is 2.53 bits per heavy atom. The first-order chi connectivity index (χ1) is 9.08. The van der Waals surface area contributed by atoms with Gasteiger partial charge in [0.05, 0.1) is 4.47 Å². The summed E-state index contributed by atoms with van der Waals surface area (Å²) in [6, 6.07) is 6.07. The topological polar surface area (TPSA) is 12.0 Å². The molecule has 3 heteroatoms. The molecule has 2 atom stereocenters. The summed E-state index contributed by atoms with van der Waals surface area (Å²) < 4.78 is 13.8. The number of rotatable bonds is 8. The summed E-state index contributed by atoms with van der Waals surface area (Å²) in [7, 11) is 0. The average molecular weight is 330 g/mol. The maximum atomic E-state index is 13.2. The van der Waals surface area contributed by atoms with E-state index >= 15 is 0 Å². The highest BCUT2D eigenvalue weighted by Gasteiger charge is 2.13. The predicted molar refractivity (Wildman–Crippen MR) is 83.9 cm³/mol. The number of nitrogens with one attached hydrogen (secondary N) is 1. The number of unbranched alkanes of at least 4 members (excludes halogenated alkanes) is 1. The van der Waals surface area contributed by atoms with Gasteiger partial charge in [-0.15, -0.1) is 0 Å². The number of hydrogen-bond acceptors (Lipinski definition) is 1. The third kappa shape index (κ3) is 5.62. The molecule has 1 aromatic rings. The fourth-order valence-electron chi connectivity index (χ4n) is 2.34. The zero-order chi connectivity index (χ0) is 14.3. The lowest BCUT2D eigenvalue weighted by atomic mass is 10.0. The smallest absolute Gasteiger partial charge is 0.137 e. The molecule has 1 nitrogen and oxygen atoms in total. The monoisotopic (exact) mass is 329 g/mol. The third-order valence-corrected chi connectivity index (χ3v) is 4.08. The van der Waals surface area contributed by atoms with Gasteiger partial charge in [-0.2, -0.15) is 0 Å². The molecule has 0 aromatic heterocycles. The minimum Gasteiger partial charge on any atom is -0.307 e. The Bertz CT molecular complexity index is 381. The Morgan fingerprint density at radius 2 is 1.95 bits per heavy atom. The zero-order valence-corrected chi connectivity index (χ0v) is 13.8. The highest BCUT2D eigenvalue weighted by Crippen LogP contribution is 2.22. The first-order valence-electron chi connectivity index (χ1n) is 7.29. The fourth-order valence-corrected chi connectivity index (χ4v) is 2.74. The van der Waals surface area contributed by atoms with Gasteiger partial charge in [-0.05, 0) is 53.4 Å². The minimum absolute atomic E-state index is 0.202. The summed E-state index contributed by atoms with van der Waals surface area (Å²) in [5.74, 6) is -0.202. The van der Waals surface area contributed by atoms with Crippen LogP contribution in [0.25, 0.3) is 0 Å². The van der Waals surface area contributed by atoms with Crippen molar-refractivity contribution in [2.45, 2.75) is 65.0 Å². The van der Waals surface area contributed by atoms with Crippen LogP contribution in [0.4, 0.5) is 4.39 Å².